The van der Waals surface area contributed by atoms with Gasteiger partial charge in [-0.15, -0.1) is 0 Å². The van der Waals surface area contributed by atoms with Crippen LogP contribution >= 0.6 is 27.5 Å². The molecular weight excluding hydrogens is 390 g/mol. The summed E-state index contributed by atoms with van der Waals surface area (Å²) in [6.07, 6.45) is 1.43. The molecule has 0 aliphatic carbocycles. The smallest absolute Gasteiger partial charge is 0.263 e. The van der Waals surface area contributed by atoms with E-state index < -0.39 is 5.91 Å². The van der Waals surface area contributed by atoms with Gasteiger partial charge < -0.3 is 10.6 Å². The van der Waals surface area contributed by atoms with E-state index in [2.05, 4.69) is 26.6 Å². The normalized spacial score (nSPS) is 10.8. The molecule has 0 heterocycles. The Hall–Kier alpha value is -2.29. The quantitative estimate of drug-likeness (QED) is 0.566. The van der Waals surface area contributed by atoms with Gasteiger partial charge in [0.25, 0.3) is 5.91 Å². The Bertz CT molecular complexity index is 782. The lowest BCUT2D eigenvalue weighted by atomic mass is 10.2. The zero-order chi connectivity index (χ0) is 17.4. The molecule has 24 heavy (non-hydrogen) atoms. The molecule has 0 saturated carbocycles. The standard InChI is InChI=1S/C18H15BrClN3O/c19-16-3-1-2-14(8-16)10-22-12-15(9-21)18(24)23-11-13-4-6-17(20)7-5-13/h1-8,12,22H,10-11H2,(H,23,24)/b15-12-. The summed E-state index contributed by atoms with van der Waals surface area (Å²) < 4.78 is 0.979. The number of benzene rings is 2. The van der Waals surface area contributed by atoms with Crippen LogP contribution in [-0.2, 0) is 17.9 Å². The van der Waals surface area contributed by atoms with Gasteiger partial charge in [0, 0.05) is 28.8 Å². The maximum atomic E-state index is 12.0. The second-order valence-electron chi connectivity index (χ2n) is 4.99. The van der Waals surface area contributed by atoms with Crippen molar-refractivity contribution in [2.45, 2.75) is 13.1 Å². The third-order valence-corrected chi connectivity index (χ3v) is 3.92. The van der Waals surface area contributed by atoms with Crippen LogP contribution in [0.25, 0.3) is 0 Å². The number of hydrogen-bond donors (Lipinski definition) is 2. The van der Waals surface area contributed by atoms with Crippen molar-refractivity contribution in [2.24, 2.45) is 0 Å². The Labute approximate surface area is 154 Å². The summed E-state index contributed by atoms with van der Waals surface area (Å²) in [5.74, 6) is -0.422. The molecule has 0 unspecified atom stereocenters. The van der Waals surface area contributed by atoms with Gasteiger partial charge in [0.15, 0.2) is 0 Å². The largest absolute Gasteiger partial charge is 0.386 e. The molecule has 0 spiro atoms. The molecule has 0 aliphatic heterocycles. The van der Waals surface area contributed by atoms with Crippen molar-refractivity contribution in [1.82, 2.24) is 10.6 Å². The molecule has 0 saturated heterocycles. The number of halogens is 2. The molecule has 0 radical (unpaired) electrons. The summed E-state index contributed by atoms with van der Waals surface area (Å²) in [5, 5.41) is 15.5. The van der Waals surface area contributed by atoms with Crippen LogP contribution in [0.4, 0.5) is 0 Å². The van der Waals surface area contributed by atoms with Crippen LogP contribution in [0.1, 0.15) is 11.1 Å². The highest BCUT2D eigenvalue weighted by Crippen LogP contribution is 2.11. The van der Waals surface area contributed by atoms with Crippen molar-refractivity contribution >= 4 is 33.4 Å². The van der Waals surface area contributed by atoms with Crippen LogP contribution in [-0.4, -0.2) is 5.91 Å². The SMILES string of the molecule is N#C/C(=C/NCc1cccc(Br)c1)C(=O)NCc1ccc(Cl)cc1. The Balaban J connectivity index is 1.88. The van der Waals surface area contributed by atoms with Gasteiger partial charge in [0.1, 0.15) is 11.6 Å². The minimum atomic E-state index is -0.422. The number of hydrogen-bond acceptors (Lipinski definition) is 3. The lowest BCUT2D eigenvalue weighted by Crippen LogP contribution is -2.25. The van der Waals surface area contributed by atoms with Crippen molar-refractivity contribution in [2.75, 3.05) is 0 Å². The summed E-state index contributed by atoms with van der Waals surface area (Å²) >= 11 is 9.21. The monoisotopic (exact) mass is 403 g/mol. The van der Waals surface area contributed by atoms with E-state index in [4.69, 9.17) is 16.9 Å². The summed E-state index contributed by atoms with van der Waals surface area (Å²) in [6, 6.07) is 16.8. The number of carbonyl (C=O) groups excluding carboxylic acids is 1. The lowest BCUT2D eigenvalue weighted by Gasteiger charge is -2.06. The van der Waals surface area contributed by atoms with Crippen molar-refractivity contribution in [1.29, 1.82) is 5.26 Å². The molecule has 0 aliphatic rings. The number of amides is 1. The van der Waals surface area contributed by atoms with Crippen molar-refractivity contribution in [3.63, 3.8) is 0 Å². The predicted molar refractivity (Wildman–Crippen MR) is 98.0 cm³/mol. The number of nitriles is 1. The Morgan fingerprint density at radius 2 is 1.92 bits per heavy atom. The molecule has 1 amide bonds. The van der Waals surface area contributed by atoms with Crippen LogP contribution < -0.4 is 10.6 Å². The van der Waals surface area contributed by atoms with E-state index in [0.29, 0.717) is 18.1 Å². The van der Waals surface area contributed by atoms with Crippen LogP contribution in [0, 0.1) is 11.3 Å². The second-order valence-corrected chi connectivity index (χ2v) is 6.34. The third-order valence-electron chi connectivity index (χ3n) is 3.17. The van der Waals surface area contributed by atoms with Gasteiger partial charge in [0.05, 0.1) is 0 Å². The molecule has 0 fully saturated rings. The average molecular weight is 405 g/mol. The fourth-order valence-corrected chi connectivity index (χ4v) is 2.52. The van der Waals surface area contributed by atoms with E-state index in [1.165, 1.54) is 6.20 Å². The zero-order valence-electron chi connectivity index (χ0n) is 12.7. The number of nitrogens with one attached hydrogen (secondary N) is 2. The molecule has 0 atom stereocenters. The van der Waals surface area contributed by atoms with Crippen LogP contribution in [0.2, 0.25) is 5.02 Å². The molecule has 2 rings (SSSR count). The second kappa shape index (κ2) is 9.11. The maximum absolute atomic E-state index is 12.0. The fourth-order valence-electron chi connectivity index (χ4n) is 1.95. The molecule has 2 N–H and O–H groups in total. The van der Waals surface area contributed by atoms with E-state index in [9.17, 15) is 4.79 Å². The zero-order valence-corrected chi connectivity index (χ0v) is 15.1. The minimum absolute atomic E-state index is 0.0268. The third kappa shape index (κ3) is 5.73. The molecule has 0 aromatic heterocycles. The van der Waals surface area contributed by atoms with E-state index in [-0.39, 0.29) is 5.57 Å². The molecule has 2 aromatic carbocycles. The summed E-state index contributed by atoms with van der Waals surface area (Å²) in [7, 11) is 0. The van der Waals surface area contributed by atoms with Crippen LogP contribution in [0.5, 0.6) is 0 Å². The molecule has 4 nitrogen and oxygen atoms in total. The van der Waals surface area contributed by atoms with E-state index in [0.717, 1.165) is 15.6 Å². The Kier molecular flexibility index (Phi) is 6.86. The summed E-state index contributed by atoms with van der Waals surface area (Å²) in [6.45, 7) is 0.857. The van der Waals surface area contributed by atoms with Crippen LogP contribution in [0.15, 0.2) is 64.8 Å². The Morgan fingerprint density at radius 1 is 1.17 bits per heavy atom. The average Bonchev–Trinajstić information content (AvgIpc) is 2.58. The molecule has 6 heteroatoms. The van der Waals surface area contributed by atoms with Gasteiger partial charge in [0.2, 0.25) is 0 Å². The predicted octanol–water partition coefficient (Wildman–Crippen LogP) is 3.92. The summed E-state index contributed by atoms with van der Waals surface area (Å²) in [4.78, 5) is 12.0. The Morgan fingerprint density at radius 3 is 2.58 bits per heavy atom. The highest BCUT2D eigenvalue weighted by Gasteiger charge is 2.08. The topological polar surface area (TPSA) is 64.9 Å². The first kappa shape index (κ1) is 18.1. The summed E-state index contributed by atoms with van der Waals surface area (Å²) in [5.41, 5.74) is 1.98. The van der Waals surface area contributed by atoms with Gasteiger partial charge >= 0.3 is 0 Å². The van der Waals surface area contributed by atoms with Crippen molar-refractivity contribution in [3.05, 3.63) is 80.9 Å². The molecule has 122 valence electrons. The maximum Gasteiger partial charge on any atom is 0.263 e. The van der Waals surface area contributed by atoms with Gasteiger partial charge in [-0.3, -0.25) is 4.79 Å². The van der Waals surface area contributed by atoms with E-state index in [1.807, 2.05) is 42.5 Å². The minimum Gasteiger partial charge on any atom is -0.386 e. The van der Waals surface area contributed by atoms with E-state index >= 15 is 0 Å². The number of carbonyl (C=O) groups is 1. The molecule has 0 bridgehead atoms. The molecule has 2 aromatic rings. The number of rotatable bonds is 6. The van der Waals surface area contributed by atoms with Gasteiger partial charge in [-0.1, -0.05) is 51.8 Å². The van der Waals surface area contributed by atoms with Gasteiger partial charge in [-0.05, 0) is 35.4 Å². The first-order valence-electron chi connectivity index (χ1n) is 7.19. The number of nitrogens with zero attached hydrogens (tertiary/aromatic N) is 1. The van der Waals surface area contributed by atoms with Crippen LogP contribution in [0.3, 0.4) is 0 Å². The first-order valence-corrected chi connectivity index (χ1v) is 8.36. The van der Waals surface area contributed by atoms with Crippen molar-refractivity contribution < 1.29 is 4.79 Å². The first-order chi connectivity index (χ1) is 11.6. The highest BCUT2D eigenvalue weighted by molar-refractivity contribution is 9.10. The van der Waals surface area contributed by atoms with Gasteiger partial charge in [-0.2, -0.15) is 5.26 Å². The highest BCUT2D eigenvalue weighted by atomic mass is 79.9. The van der Waals surface area contributed by atoms with Crippen molar-refractivity contribution in [3.8, 4) is 6.07 Å². The van der Waals surface area contributed by atoms with E-state index in [1.54, 1.807) is 12.1 Å². The lowest BCUT2D eigenvalue weighted by molar-refractivity contribution is -0.117. The fraction of sp³-hybridized carbons (Fsp3) is 0.111. The molecular formula is C18H15BrClN3O. The van der Waals surface area contributed by atoms with Gasteiger partial charge in [-0.25, -0.2) is 0 Å².